The Hall–Kier alpha value is -0.950. The molecule has 1 aliphatic carbocycles. The van der Waals surface area contributed by atoms with Crippen LogP contribution in [0.2, 0.25) is 0 Å². The molecule has 0 aromatic rings. The van der Waals surface area contributed by atoms with Gasteiger partial charge < -0.3 is 23.7 Å². The van der Waals surface area contributed by atoms with E-state index in [0.717, 1.165) is 64.6 Å². The molecule has 0 aromatic heterocycles. The Morgan fingerprint density at radius 3 is 2.55 bits per heavy atom. The van der Waals surface area contributed by atoms with Crippen LogP contribution in [0.5, 0.6) is 0 Å². The Kier molecular flexibility index (Phi) is 8.82. The standard InChI is InChI=1S/C25H40O6/c1-2-3-4-9-18(29-24-10-5-7-14-27-24)12-13-19-20-16-23(26)30-22(20)17-21(19)31-25-11-6-8-15-28-25/h12-13,18-22,24-25H,2-11,14-17H2,1H3/b13-12+/t18-,19-,20-,21+,22-,24?,25?/m1/s1. The van der Waals surface area contributed by atoms with Crippen LogP contribution in [0.25, 0.3) is 0 Å². The van der Waals surface area contributed by atoms with E-state index in [9.17, 15) is 4.79 Å². The monoisotopic (exact) mass is 436 g/mol. The van der Waals surface area contributed by atoms with Gasteiger partial charge in [0.05, 0.1) is 18.6 Å². The number of esters is 1. The van der Waals surface area contributed by atoms with E-state index in [2.05, 4.69) is 19.1 Å². The lowest BCUT2D eigenvalue weighted by Crippen LogP contribution is -2.31. The first-order chi connectivity index (χ1) is 15.2. The van der Waals surface area contributed by atoms with E-state index in [1.165, 1.54) is 19.3 Å². The Labute approximate surface area is 187 Å². The molecule has 0 amide bonds. The molecule has 7 atom stereocenters. The lowest BCUT2D eigenvalue weighted by molar-refractivity contribution is -0.194. The van der Waals surface area contributed by atoms with Gasteiger partial charge in [-0.15, -0.1) is 0 Å². The van der Waals surface area contributed by atoms with Gasteiger partial charge in [-0.1, -0.05) is 38.3 Å². The third kappa shape index (κ3) is 6.53. The third-order valence-electron chi connectivity index (χ3n) is 7.12. The van der Waals surface area contributed by atoms with Crippen LogP contribution >= 0.6 is 0 Å². The molecule has 3 aliphatic heterocycles. The minimum Gasteiger partial charge on any atom is -0.462 e. The molecule has 0 aromatic carbocycles. The fourth-order valence-corrected chi connectivity index (χ4v) is 5.39. The topological polar surface area (TPSA) is 63.2 Å². The summed E-state index contributed by atoms with van der Waals surface area (Å²) >= 11 is 0. The summed E-state index contributed by atoms with van der Waals surface area (Å²) in [5, 5.41) is 0. The van der Waals surface area contributed by atoms with Gasteiger partial charge in [-0.3, -0.25) is 4.79 Å². The molecule has 176 valence electrons. The fourth-order valence-electron chi connectivity index (χ4n) is 5.39. The third-order valence-corrected chi connectivity index (χ3v) is 7.12. The number of fused-ring (bicyclic) bond motifs is 1. The van der Waals surface area contributed by atoms with Crippen LogP contribution < -0.4 is 0 Å². The zero-order valence-corrected chi connectivity index (χ0v) is 19.0. The zero-order valence-electron chi connectivity index (χ0n) is 19.0. The Balaban J connectivity index is 1.41. The molecule has 0 bridgehead atoms. The summed E-state index contributed by atoms with van der Waals surface area (Å²) in [6.45, 7) is 3.79. The first kappa shape index (κ1) is 23.2. The quantitative estimate of drug-likeness (QED) is 0.276. The van der Waals surface area contributed by atoms with Gasteiger partial charge in [-0.25, -0.2) is 0 Å². The van der Waals surface area contributed by atoms with E-state index in [-0.39, 0.29) is 48.7 Å². The maximum absolute atomic E-state index is 11.9. The van der Waals surface area contributed by atoms with Crippen LogP contribution in [0, 0.1) is 11.8 Å². The minimum atomic E-state index is -0.128. The van der Waals surface area contributed by atoms with Crippen molar-refractivity contribution < 1.29 is 28.5 Å². The highest BCUT2D eigenvalue weighted by atomic mass is 16.7. The molecular formula is C25H40O6. The molecule has 4 aliphatic rings. The maximum Gasteiger partial charge on any atom is 0.306 e. The van der Waals surface area contributed by atoms with Crippen molar-refractivity contribution in [1.82, 2.24) is 0 Å². The van der Waals surface area contributed by atoms with E-state index in [0.29, 0.717) is 6.42 Å². The van der Waals surface area contributed by atoms with E-state index in [1.54, 1.807) is 0 Å². The first-order valence-corrected chi connectivity index (χ1v) is 12.6. The molecule has 0 spiro atoms. The summed E-state index contributed by atoms with van der Waals surface area (Å²) in [4.78, 5) is 11.9. The van der Waals surface area contributed by atoms with Gasteiger partial charge in [0.25, 0.3) is 0 Å². The van der Waals surface area contributed by atoms with Gasteiger partial charge in [-0.2, -0.15) is 0 Å². The summed E-state index contributed by atoms with van der Waals surface area (Å²) < 4.78 is 30.0. The highest BCUT2D eigenvalue weighted by Crippen LogP contribution is 2.44. The van der Waals surface area contributed by atoms with Gasteiger partial charge in [0.2, 0.25) is 0 Å². The second-order valence-corrected chi connectivity index (χ2v) is 9.53. The predicted molar refractivity (Wildman–Crippen MR) is 116 cm³/mol. The SMILES string of the molecule is CCCCC[C@H](/C=C/[C@@H]1[C@H]2CC(=O)O[C@@H]2C[C@@H]1OC1CCCCO1)OC1CCCCO1. The normalized spacial score (nSPS) is 37.1. The molecule has 4 fully saturated rings. The van der Waals surface area contributed by atoms with Crippen molar-refractivity contribution in [3.63, 3.8) is 0 Å². The molecule has 0 radical (unpaired) electrons. The van der Waals surface area contributed by atoms with Crippen molar-refractivity contribution in [1.29, 1.82) is 0 Å². The van der Waals surface area contributed by atoms with Crippen LogP contribution in [0.15, 0.2) is 12.2 Å². The number of hydrogen-bond donors (Lipinski definition) is 0. The molecule has 3 heterocycles. The molecule has 4 rings (SSSR count). The van der Waals surface area contributed by atoms with E-state index >= 15 is 0 Å². The van der Waals surface area contributed by atoms with Crippen molar-refractivity contribution >= 4 is 5.97 Å². The largest absolute Gasteiger partial charge is 0.462 e. The maximum atomic E-state index is 11.9. The van der Waals surface area contributed by atoms with Gasteiger partial charge in [-0.05, 0) is 44.9 Å². The van der Waals surface area contributed by atoms with Gasteiger partial charge in [0.1, 0.15) is 6.10 Å². The Bertz CT molecular complexity index is 581. The van der Waals surface area contributed by atoms with Crippen molar-refractivity contribution in [2.24, 2.45) is 11.8 Å². The van der Waals surface area contributed by atoms with Crippen molar-refractivity contribution in [3.8, 4) is 0 Å². The summed E-state index contributed by atoms with van der Waals surface area (Å²) in [6.07, 6.45) is 16.5. The first-order valence-electron chi connectivity index (χ1n) is 12.6. The van der Waals surface area contributed by atoms with E-state index in [1.807, 2.05) is 0 Å². The molecular weight excluding hydrogens is 396 g/mol. The highest BCUT2D eigenvalue weighted by Gasteiger charge is 2.50. The highest BCUT2D eigenvalue weighted by molar-refractivity contribution is 5.72. The average molecular weight is 437 g/mol. The van der Waals surface area contributed by atoms with Crippen LogP contribution in [-0.4, -0.2) is 50.1 Å². The Morgan fingerprint density at radius 1 is 1.06 bits per heavy atom. The lowest BCUT2D eigenvalue weighted by atomic mass is 9.91. The molecule has 6 nitrogen and oxygen atoms in total. The van der Waals surface area contributed by atoms with Gasteiger partial charge >= 0.3 is 5.97 Å². The summed E-state index contributed by atoms with van der Waals surface area (Å²) in [7, 11) is 0. The molecule has 6 heteroatoms. The van der Waals surface area contributed by atoms with E-state index in [4.69, 9.17) is 23.7 Å². The lowest BCUT2D eigenvalue weighted by Gasteiger charge is -2.29. The number of rotatable bonds is 10. The number of carbonyl (C=O) groups excluding carboxylic acids is 1. The van der Waals surface area contributed by atoms with Gasteiger partial charge in [0.15, 0.2) is 12.6 Å². The molecule has 0 N–H and O–H groups in total. The van der Waals surface area contributed by atoms with Crippen LogP contribution in [0.3, 0.4) is 0 Å². The second-order valence-electron chi connectivity index (χ2n) is 9.53. The van der Waals surface area contributed by atoms with Crippen molar-refractivity contribution in [2.45, 2.75) is 115 Å². The molecule has 1 saturated carbocycles. The Morgan fingerprint density at radius 2 is 1.84 bits per heavy atom. The number of hydrogen-bond acceptors (Lipinski definition) is 6. The van der Waals surface area contributed by atoms with Crippen molar-refractivity contribution in [2.75, 3.05) is 13.2 Å². The predicted octanol–water partition coefficient (Wildman–Crippen LogP) is 4.90. The second kappa shape index (κ2) is 11.8. The summed E-state index contributed by atoms with van der Waals surface area (Å²) in [5.74, 6) is 0.276. The molecule has 31 heavy (non-hydrogen) atoms. The van der Waals surface area contributed by atoms with Gasteiger partial charge in [0, 0.05) is 31.5 Å². The number of unbranched alkanes of at least 4 members (excludes halogenated alkanes) is 2. The van der Waals surface area contributed by atoms with Crippen LogP contribution in [-0.2, 0) is 28.5 Å². The number of ether oxygens (including phenoxy) is 5. The molecule has 3 saturated heterocycles. The average Bonchev–Trinajstić information content (AvgIpc) is 3.29. The minimum absolute atomic E-state index is 0.0307. The zero-order chi connectivity index (χ0) is 21.5. The van der Waals surface area contributed by atoms with Crippen molar-refractivity contribution in [3.05, 3.63) is 12.2 Å². The van der Waals surface area contributed by atoms with E-state index < -0.39 is 0 Å². The van der Waals surface area contributed by atoms with Crippen LogP contribution in [0.1, 0.15) is 84.0 Å². The molecule has 2 unspecified atom stereocenters. The smallest absolute Gasteiger partial charge is 0.306 e. The fraction of sp³-hybridized carbons (Fsp3) is 0.880. The van der Waals surface area contributed by atoms with Crippen LogP contribution in [0.4, 0.5) is 0 Å². The summed E-state index contributed by atoms with van der Waals surface area (Å²) in [6, 6.07) is 0. The summed E-state index contributed by atoms with van der Waals surface area (Å²) in [5.41, 5.74) is 0. The number of carbonyl (C=O) groups is 1.